The van der Waals surface area contributed by atoms with E-state index in [-0.39, 0.29) is 5.82 Å². The summed E-state index contributed by atoms with van der Waals surface area (Å²) < 4.78 is 24.0. The fourth-order valence-corrected chi connectivity index (χ4v) is 10.7. The first-order chi connectivity index (χ1) is 32.7. The van der Waals surface area contributed by atoms with Gasteiger partial charge in [0.05, 0.1) is 5.69 Å². The molecule has 0 spiro atoms. The number of anilines is 3. The highest BCUT2D eigenvalue weighted by atomic mass is 19.1. The normalized spacial score (nSPS) is 11.7. The van der Waals surface area contributed by atoms with Crippen molar-refractivity contribution in [3.8, 4) is 22.3 Å². The number of para-hydroxylation sites is 2. The molecule has 0 N–H and O–H groups in total. The van der Waals surface area contributed by atoms with E-state index in [4.69, 9.17) is 4.42 Å². The molecule has 0 fully saturated rings. The Labute approximate surface area is 381 Å². The molecule has 12 aromatic carbocycles. The average Bonchev–Trinajstić information content (AvgIpc) is 3.76. The number of furan rings is 1. The van der Waals surface area contributed by atoms with Crippen LogP contribution in [0.2, 0.25) is 0 Å². The van der Waals surface area contributed by atoms with Gasteiger partial charge in [0, 0.05) is 32.9 Å². The van der Waals surface area contributed by atoms with Gasteiger partial charge < -0.3 is 9.32 Å². The van der Waals surface area contributed by atoms with E-state index in [0.29, 0.717) is 5.46 Å². The number of hydrogen-bond donors (Lipinski definition) is 0. The van der Waals surface area contributed by atoms with Crippen molar-refractivity contribution in [2.24, 2.45) is 0 Å². The lowest BCUT2D eigenvalue weighted by atomic mass is 9.35. The first-order valence-corrected chi connectivity index (χ1v) is 22.6. The first kappa shape index (κ1) is 38.0. The van der Waals surface area contributed by atoms with Gasteiger partial charge in [-0.25, -0.2) is 4.39 Å². The standard InChI is InChI=1S/C62H39BFNO/c64-55-38-43(40-17-5-1-6-18-40)37-52(41-19-7-2-8-20-41)62(55)63(44-21-9-3-10-22-44)54-34-33-50-47-25-13-14-27-49(47)61-56(35-30-42-29-32-51(54)60(50)59(42)61)65(45-23-11-4-12-24-45)46-31-36-58-53(39-46)48-26-15-16-28-57(48)66-58/h1-39H. The molecule has 0 saturated carbocycles. The van der Waals surface area contributed by atoms with Gasteiger partial charge >= 0.3 is 0 Å². The van der Waals surface area contributed by atoms with Gasteiger partial charge in [0.15, 0.2) is 0 Å². The smallest absolute Gasteiger partial charge is 0.246 e. The van der Waals surface area contributed by atoms with Crippen molar-refractivity contribution in [1.82, 2.24) is 0 Å². The van der Waals surface area contributed by atoms with Crippen molar-refractivity contribution in [2.45, 2.75) is 0 Å². The molecule has 66 heavy (non-hydrogen) atoms. The van der Waals surface area contributed by atoms with Gasteiger partial charge in [-0.3, -0.25) is 0 Å². The molecule has 0 radical (unpaired) electrons. The summed E-state index contributed by atoms with van der Waals surface area (Å²) in [4.78, 5) is 2.39. The number of benzene rings is 12. The fraction of sp³-hybridized carbons (Fsp3) is 0. The molecule has 0 bridgehead atoms. The van der Waals surface area contributed by atoms with Crippen molar-refractivity contribution in [2.75, 3.05) is 4.90 Å². The van der Waals surface area contributed by atoms with Crippen molar-refractivity contribution in [3.63, 3.8) is 0 Å². The second-order valence-corrected chi connectivity index (χ2v) is 17.2. The van der Waals surface area contributed by atoms with Gasteiger partial charge in [0.2, 0.25) is 6.71 Å². The second-order valence-electron chi connectivity index (χ2n) is 17.2. The molecule has 1 heterocycles. The van der Waals surface area contributed by atoms with Crippen LogP contribution < -0.4 is 21.3 Å². The van der Waals surface area contributed by atoms with Crippen LogP contribution in [0.15, 0.2) is 241 Å². The molecular formula is C62H39BFNO. The van der Waals surface area contributed by atoms with Crippen LogP contribution in [-0.2, 0) is 0 Å². The van der Waals surface area contributed by atoms with Crippen LogP contribution in [0, 0.1) is 5.82 Å². The van der Waals surface area contributed by atoms with E-state index >= 15 is 4.39 Å². The van der Waals surface area contributed by atoms with Gasteiger partial charge in [-0.1, -0.05) is 193 Å². The Morgan fingerprint density at radius 3 is 1.76 bits per heavy atom. The summed E-state index contributed by atoms with van der Waals surface area (Å²) in [5.74, 6) is -0.233. The number of halogens is 1. The Morgan fingerprint density at radius 1 is 0.379 bits per heavy atom. The monoisotopic (exact) mass is 843 g/mol. The lowest BCUT2D eigenvalue weighted by Gasteiger charge is -2.29. The zero-order valence-corrected chi connectivity index (χ0v) is 35.8. The lowest BCUT2D eigenvalue weighted by molar-refractivity contribution is 0.636. The Balaban J connectivity index is 1.11. The highest BCUT2D eigenvalue weighted by molar-refractivity contribution is 6.97. The number of rotatable bonds is 8. The predicted molar refractivity (Wildman–Crippen MR) is 278 cm³/mol. The molecule has 13 rings (SSSR count). The topological polar surface area (TPSA) is 16.4 Å². The third-order valence-electron chi connectivity index (χ3n) is 13.6. The Morgan fingerprint density at radius 2 is 0.985 bits per heavy atom. The minimum absolute atomic E-state index is 0.233. The summed E-state index contributed by atoms with van der Waals surface area (Å²) in [5.41, 5.74) is 11.3. The number of nitrogens with zero attached hydrogens (tertiary/aromatic N) is 1. The second kappa shape index (κ2) is 15.4. The Kier molecular flexibility index (Phi) is 8.85. The molecular weight excluding hydrogens is 804 g/mol. The summed E-state index contributed by atoms with van der Waals surface area (Å²) in [6.07, 6.45) is 0. The molecule has 0 atom stereocenters. The van der Waals surface area contributed by atoms with Crippen LogP contribution >= 0.6 is 0 Å². The van der Waals surface area contributed by atoms with Crippen molar-refractivity contribution < 1.29 is 8.81 Å². The molecule has 0 aliphatic carbocycles. The van der Waals surface area contributed by atoms with Crippen molar-refractivity contribution in [1.29, 1.82) is 0 Å². The summed E-state index contributed by atoms with van der Waals surface area (Å²) in [6, 6.07) is 82.6. The summed E-state index contributed by atoms with van der Waals surface area (Å²) in [7, 11) is 0. The summed E-state index contributed by atoms with van der Waals surface area (Å²) in [5, 5.41) is 11.5. The molecule has 0 aliphatic rings. The summed E-state index contributed by atoms with van der Waals surface area (Å²) >= 11 is 0. The fourth-order valence-electron chi connectivity index (χ4n) is 10.7. The minimum atomic E-state index is -0.432. The van der Waals surface area contributed by atoms with Gasteiger partial charge in [-0.2, -0.15) is 0 Å². The van der Waals surface area contributed by atoms with E-state index in [1.165, 1.54) is 32.3 Å². The zero-order valence-electron chi connectivity index (χ0n) is 35.8. The van der Waals surface area contributed by atoms with E-state index < -0.39 is 6.71 Å². The van der Waals surface area contributed by atoms with E-state index in [1.54, 1.807) is 6.07 Å². The maximum Gasteiger partial charge on any atom is 0.246 e. The van der Waals surface area contributed by atoms with Crippen LogP contribution in [0.3, 0.4) is 0 Å². The molecule has 308 valence electrons. The predicted octanol–water partition coefficient (Wildman–Crippen LogP) is 15.1. The Hall–Kier alpha value is -8.47. The molecule has 13 aromatic rings. The van der Waals surface area contributed by atoms with E-state index in [0.717, 1.165) is 83.0 Å². The van der Waals surface area contributed by atoms with Crippen molar-refractivity contribution >= 4 is 105 Å². The van der Waals surface area contributed by atoms with Crippen LogP contribution in [-0.4, -0.2) is 6.71 Å². The molecule has 2 nitrogen and oxygen atoms in total. The molecule has 0 unspecified atom stereocenters. The van der Waals surface area contributed by atoms with Crippen LogP contribution in [0.25, 0.3) is 87.3 Å². The maximum absolute atomic E-state index is 17.7. The number of fused-ring (bicyclic) bond motifs is 6. The van der Waals surface area contributed by atoms with Gasteiger partial charge in [-0.05, 0) is 115 Å². The van der Waals surface area contributed by atoms with Crippen molar-refractivity contribution in [3.05, 3.63) is 242 Å². The molecule has 1 aromatic heterocycles. The van der Waals surface area contributed by atoms with E-state index in [1.807, 2.05) is 66.7 Å². The minimum Gasteiger partial charge on any atom is -0.456 e. The highest BCUT2D eigenvalue weighted by Gasteiger charge is 2.32. The highest BCUT2D eigenvalue weighted by Crippen LogP contribution is 2.48. The van der Waals surface area contributed by atoms with Crippen LogP contribution in [0.1, 0.15) is 0 Å². The number of hydrogen-bond acceptors (Lipinski definition) is 2. The van der Waals surface area contributed by atoms with Gasteiger partial charge in [-0.15, -0.1) is 0 Å². The lowest BCUT2D eigenvalue weighted by Crippen LogP contribution is -2.54. The van der Waals surface area contributed by atoms with Crippen LogP contribution in [0.5, 0.6) is 0 Å². The Bertz CT molecular complexity index is 3940. The zero-order chi connectivity index (χ0) is 43.7. The third-order valence-corrected chi connectivity index (χ3v) is 13.6. The first-order valence-electron chi connectivity index (χ1n) is 22.6. The molecule has 0 amide bonds. The van der Waals surface area contributed by atoms with E-state index in [2.05, 4.69) is 169 Å². The average molecular weight is 844 g/mol. The van der Waals surface area contributed by atoms with Gasteiger partial charge in [0.1, 0.15) is 17.0 Å². The largest absolute Gasteiger partial charge is 0.456 e. The SMILES string of the molecule is Fc1cc(-c2ccccc2)cc(-c2ccccc2)c1B(c1ccccc1)c1ccc2c3ccccc3c3c(N(c4ccccc4)c4ccc5oc6ccccc6c5c4)ccc4ccc1c2c43. The molecule has 4 heteroatoms. The van der Waals surface area contributed by atoms with Gasteiger partial charge in [0.25, 0.3) is 0 Å². The third kappa shape index (κ3) is 6.03. The van der Waals surface area contributed by atoms with Crippen LogP contribution in [0.4, 0.5) is 21.5 Å². The molecule has 0 aliphatic heterocycles. The molecule has 0 saturated heterocycles. The summed E-state index contributed by atoms with van der Waals surface area (Å²) in [6.45, 7) is -0.432. The maximum atomic E-state index is 17.7. The van der Waals surface area contributed by atoms with E-state index in [9.17, 15) is 0 Å². The quantitative estimate of drug-likeness (QED) is 0.0861.